The molecule has 1 saturated carbocycles. The summed E-state index contributed by atoms with van der Waals surface area (Å²) in [4.78, 5) is 27.9. The second-order valence-corrected chi connectivity index (χ2v) is 9.12. The van der Waals surface area contributed by atoms with Gasteiger partial charge in [0.05, 0.1) is 15.1 Å². The number of nitrogens with zero attached hydrogens (tertiary/aromatic N) is 1. The van der Waals surface area contributed by atoms with Gasteiger partial charge in [-0.25, -0.2) is 0 Å². The highest BCUT2D eigenvalue weighted by atomic mass is 35.5. The molecule has 32 heavy (non-hydrogen) atoms. The summed E-state index contributed by atoms with van der Waals surface area (Å²) in [6, 6.07) is 11.7. The van der Waals surface area contributed by atoms with E-state index in [1.165, 1.54) is 0 Å². The summed E-state index contributed by atoms with van der Waals surface area (Å²) >= 11 is 18.4. The average molecular weight is 498 g/mol. The first-order chi connectivity index (χ1) is 15.4. The van der Waals surface area contributed by atoms with Gasteiger partial charge in [0.1, 0.15) is 11.8 Å². The molecule has 0 heterocycles. The standard InChI is InChI=1S/C24H27Cl3N2O3/c1-2-21(24(31)28-17-7-3-4-8-17)29(14-16-11-12-18(25)20(27)13-16)23(30)15-32-22-10-6-5-9-19(22)26/h5-6,9-13,17,21H,2-4,7-8,14-15H2,1H3,(H,28,31). The SMILES string of the molecule is CCC(C(=O)NC1CCCC1)N(Cc1ccc(Cl)c(Cl)c1)C(=O)COc1ccccc1Cl. The molecule has 1 N–H and O–H groups in total. The third-order valence-corrected chi connectivity index (χ3v) is 6.66. The number of para-hydroxylation sites is 1. The number of ether oxygens (including phenoxy) is 1. The summed E-state index contributed by atoms with van der Waals surface area (Å²) < 4.78 is 5.67. The van der Waals surface area contributed by atoms with Crippen LogP contribution in [0.3, 0.4) is 0 Å². The largest absolute Gasteiger partial charge is 0.482 e. The smallest absolute Gasteiger partial charge is 0.261 e. The molecule has 3 rings (SSSR count). The van der Waals surface area contributed by atoms with Crippen molar-refractivity contribution >= 4 is 46.6 Å². The van der Waals surface area contributed by atoms with Crippen LogP contribution in [-0.4, -0.2) is 35.4 Å². The van der Waals surface area contributed by atoms with Gasteiger partial charge < -0.3 is 15.0 Å². The van der Waals surface area contributed by atoms with Crippen molar-refractivity contribution in [3.63, 3.8) is 0 Å². The minimum atomic E-state index is -0.632. The summed E-state index contributed by atoms with van der Waals surface area (Å²) in [6.07, 6.45) is 4.63. The molecule has 2 aromatic carbocycles. The number of benzene rings is 2. The monoisotopic (exact) mass is 496 g/mol. The fraction of sp³-hybridized carbons (Fsp3) is 0.417. The van der Waals surface area contributed by atoms with Crippen molar-refractivity contribution in [3.8, 4) is 5.75 Å². The highest BCUT2D eigenvalue weighted by molar-refractivity contribution is 6.42. The van der Waals surface area contributed by atoms with Crippen LogP contribution in [0.4, 0.5) is 0 Å². The first kappa shape index (κ1) is 24.7. The summed E-state index contributed by atoms with van der Waals surface area (Å²) in [5.74, 6) is -0.0459. The quantitative estimate of drug-likeness (QED) is 0.470. The molecule has 1 fully saturated rings. The summed E-state index contributed by atoms with van der Waals surface area (Å²) in [7, 11) is 0. The van der Waals surface area contributed by atoms with E-state index in [1.54, 1.807) is 47.4 Å². The normalized spacial score (nSPS) is 14.8. The zero-order chi connectivity index (χ0) is 23.1. The number of hydrogen-bond donors (Lipinski definition) is 1. The molecule has 0 radical (unpaired) electrons. The molecular weight excluding hydrogens is 471 g/mol. The number of halogens is 3. The van der Waals surface area contributed by atoms with E-state index in [0.29, 0.717) is 27.2 Å². The Labute approximate surface area is 204 Å². The van der Waals surface area contributed by atoms with Crippen LogP contribution in [0.2, 0.25) is 15.1 Å². The van der Waals surface area contributed by atoms with Crippen LogP contribution in [-0.2, 0) is 16.1 Å². The van der Waals surface area contributed by atoms with Gasteiger partial charge in [0.15, 0.2) is 6.61 Å². The van der Waals surface area contributed by atoms with Crippen molar-refractivity contribution < 1.29 is 14.3 Å². The summed E-state index contributed by atoms with van der Waals surface area (Å²) in [5.41, 5.74) is 0.776. The van der Waals surface area contributed by atoms with Crippen LogP contribution in [0.5, 0.6) is 5.75 Å². The lowest BCUT2D eigenvalue weighted by molar-refractivity contribution is -0.143. The minimum absolute atomic E-state index is 0.148. The second-order valence-electron chi connectivity index (χ2n) is 7.90. The van der Waals surface area contributed by atoms with Crippen LogP contribution in [0.25, 0.3) is 0 Å². The number of nitrogens with one attached hydrogen (secondary N) is 1. The van der Waals surface area contributed by atoms with Gasteiger partial charge in [-0.2, -0.15) is 0 Å². The first-order valence-electron chi connectivity index (χ1n) is 10.8. The van der Waals surface area contributed by atoms with Gasteiger partial charge in [0.2, 0.25) is 5.91 Å². The van der Waals surface area contributed by atoms with Crippen molar-refractivity contribution in [1.82, 2.24) is 10.2 Å². The molecule has 0 bridgehead atoms. The molecule has 1 aliphatic carbocycles. The van der Waals surface area contributed by atoms with Gasteiger partial charge in [-0.15, -0.1) is 0 Å². The topological polar surface area (TPSA) is 58.6 Å². The third-order valence-electron chi connectivity index (χ3n) is 5.61. The van der Waals surface area contributed by atoms with Gasteiger partial charge in [-0.1, -0.05) is 72.8 Å². The van der Waals surface area contributed by atoms with E-state index in [9.17, 15) is 9.59 Å². The molecule has 1 atom stereocenters. The maximum atomic E-state index is 13.2. The molecule has 2 amide bonds. The Balaban J connectivity index is 1.79. The molecule has 0 aromatic heterocycles. The van der Waals surface area contributed by atoms with E-state index in [1.807, 2.05) is 6.92 Å². The van der Waals surface area contributed by atoms with Crippen LogP contribution < -0.4 is 10.1 Å². The van der Waals surface area contributed by atoms with E-state index < -0.39 is 6.04 Å². The number of hydrogen-bond acceptors (Lipinski definition) is 3. The average Bonchev–Trinajstić information content (AvgIpc) is 3.28. The molecule has 8 heteroatoms. The molecule has 0 saturated heterocycles. The molecule has 172 valence electrons. The Morgan fingerprint density at radius 3 is 2.44 bits per heavy atom. The van der Waals surface area contributed by atoms with E-state index in [2.05, 4.69) is 5.32 Å². The maximum Gasteiger partial charge on any atom is 0.261 e. The molecule has 1 unspecified atom stereocenters. The third kappa shape index (κ3) is 6.53. The highest BCUT2D eigenvalue weighted by Crippen LogP contribution is 2.26. The molecule has 1 aliphatic rings. The highest BCUT2D eigenvalue weighted by Gasteiger charge is 2.31. The van der Waals surface area contributed by atoms with Crippen molar-refractivity contribution in [2.75, 3.05) is 6.61 Å². The fourth-order valence-corrected chi connectivity index (χ4v) is 4.42. The zero-order valence-electron chi connectivity index (χ0n) is 18.0. The number of rotatable bonds is 9. The summed E-state index contributed by atoms with van der Waals surface area (Å²) in [5, 5.41) is 4.36. The lowest BCUT2D eigenvalue weighted by Crippen LogP contribution is -2.52. The maximum absolute atomic E-state index is 13.2. The summed E-state index contributed by atoms with van der Waals surface area (Å²) in [6.45, 7) is 1.86. The number of amides is 2. The fourth-order valence-electron chi connectivity index (χ4n) is 3.91. The van der Waals surface area contributed by atoms with E-state index in [-0.39, 0.29) is 31.0 Å². The Kier molecular flexibility index (Phi) is 9.09. The van der Waals surface area contributed by atoms with Gasteiger partial charge in [0.25, 0.3) is 5.91 Å². The van der Waals surface area contributed by atoms with Gasteiger partial charge in [-0.05, 0) is 49.1 Å². The van der Waals surface area contributed by atoms with Crippen LogP contribution in [0, 0.1) is 0 Å². The van der Waals surface area contributed by atoms with Gasteiger partial charge >= 0.3 is 0 Å². The molecule has 2 aromatic rings. The van der Waals surface area contributed by atoms with Gasteiger partial charge in [0, 0.05) is 12.6 Å². The van der Waals surface area contributed by atoms with E-state index in [0.717, 1.165) is 31.2 Å². The number of carbonyl (C=O) groups excluding carboxylic acids is 2. The minimum Gasteiger partial charge on any atom is -0.482 e. The van der Waals surface area contributed by atoms with E-state index >= 15 is 0 Å². The van der Waals surface area contributed by atoms with Crippen LogP contribution in [0.1, 0.15) is 44.6 Å². The lowest BCUT2D eigenvalue weighted by Gasteiger charge is -2.31. The lowest BCUT2D eigenvalue weighted by atomic mass is 10.1. The molecule has 5 nitrogen and oxygen atoms in total. The number of carbonyl (C=O) groups is 2. The van der Waals surface area contributed by atoms with Crippen LogP contribution in [0.15, 0.2) is 42.5 Å². The van der Waals surface area contributed by atoms with Crippen molar-refractivity contribution in [1.29, 1.82) is 0 Å². The molecular formula is C24H27Cl3N2O3. The van der Waals surface area contributed by atoms with Gasteiger partial charge in [-0.3, -0.25) is 9.59 Å². The predicted octanol–water partition coefficient (Wildman–Crippen LogP) is 5.89. The van der Waals surface area contributed by atoms with Crippen molar-refractivity contribution in [3.05, 3.63) is 63.1 Å². The van der Waals surface area contributed by atoms with Crippen molar-refractivity contribution in [2.24, 2.45) is 0 Å². The second kappa shape index (κ2) is 11.8. The Morgan fingerprint density at radius 1 is 1.06 bits per heavy atom. The molecule has 0 aliphatic heterocycles. The Bertz CT molecular complexity index is 948. The van der Waals surface area contributed by atoms with Crippen LogP contribution >= 0.6 is 34.8 Å². The Morgan fingerprint density at radius 2 is 1.78 bits per heavy atom. The zero-order valence-corrected chi connectivity index (χ0v) is 20.2. The first-order valence-corrected chi connectivity index (χ1v) is 11.9. The van der Waals surface area contributed by atoms with E-state index in [4.69, 9.17) is 39.5 Å². The predicted molar refractivity (Wildman–Crippen MR) is 128 cm³/mol. The molecule has 0 spiro atoms. The Hall–Kier alpha value is -1.95. The van der Waals surface area contributed by atoms with Crippen molar-refractivity contribution in [2.45, 2.75) is 57.7 Å².